The van der Waals surface area contributed by atoms with Crippen molar-refractivity contribution in [2.24, 2.45) is 5.92 Å². The Morgan fingerprint density at radius 1 is 1.42 bits per heavy atom. The molecule has 1 saturated heterocycles. The average Bonchev–Trinajstić information content (AvgIpc) is 2.80. The second kappa shape index (κ2) is 5.90. The molecule has 1 aromatic rings. The molecule has 1 amide bonds. The van der Waals surface area contributed by atoms with E-state index in [1.165, 1.54) is 6.07 Å². The number of benzene rings is 1. The van der Waals surface area contributed by atoms with Crippen molar-refractivity contribution in [3.8, 4) is 0 Å². The Bertz CT molecular complexity index is 522. The lowest BCUT2D eigenvalue weighted by Crippen LogP contribution is -2.42. The Labute approximate surface area is 123 Å². The van der Waals surface area contributed by atoms with E-state index in [-0.39, 0.29) is 19.1 Å². The molecule has 0 radical (unpaired) electrons. The average molecular weight is 349 g/mol. The van der Waals surface area contributed by atoms with Crippen LogP contribution in [0.15, 0.2) is 22.7 Å². The first kappa shape index (κ1) is 14.3. The summed E-state index contributed by atoms with van der Waals surface area (Å²) in [6.07, 6.45) is 0. The van der Waals surface area contributed by atoms with E-state index in [2.05, 4.69) is 21.2 Å². The van der Waals surface area contributed by atoms with Gasteiger partial charge < -0.3 is 15.2 Å². The summed E-state index contributed by atoms with van der Waals surface area (Å²) in [7, 11) is 0. The van der Waals surface area contributed by atoms with Crippen LogP contribution >= 0.6 is 27.5 Å². The molecule has 1 fully saturated rings. The van der Waals surface area contributed by atoms with Gasteiger partial charge in [0.25, 0.3) is 5.91 Å². The maximum atomic E-state index is 12.0. The van der Waals surface area contributed by atoms with Crippen molar-refractivity contribution in [1.82, 2.24) is 5.32 Å². The minimum absolute atomic E-state index is 0.112. The van der Waals surface area contributed by atoms with Gasteiger partial charge in [-0.15, -0.1) is 0 Å². The number of carbonyl (C=O) groups excluding carboxylic acids is 1. The number of hydrogen-bond donors (Lipinski definition) is 2. The molecule has 7 heteroatoms. The fourth-order valence-electron chi connectivity index (χ4n) is 1.83. The van der Waals surface area contributed by atoms with Crippen molar-refractivity contribution in [1.29, 1.82) is 0 Å². The third-order valence-corrected chi connectivity index (χ3v) is 4.13. The molecular formula is C12H11BrClNO4. The number of nitrogens with one attached hydrogen (secondary N) is 1. The number of ether oxygens (including phenoxy) is 1. The van der Waals surface area contributed by atoms with E-state index in [1.807, 2.05) is 0 Å². The van der Waals surface area contributed by atoms with Gasteiger partial charge in [-0.2, -0.15) is 0 Å². The molecule has 0 aliphatic carbocycles. The highest BCUT2D eigenvalue weighted by molar-refractivity contribution is 9.10. The summed E-state index contributed by atoms with van der Waals surface area (Å²) in [6.45, 7) is 0.314. The lowest BCUT2D eigenvalue weighted by atomic mass is 10.0. The number of carboxylic acids is 1. The SMILES string of the molecule is O=C(NC1COCC1C(=O)O)c1ccc(Br)c(Cl)c1. The van der Waals surface area contributed by atoms with Crippen molar-refractivity contribution in [2.75, 3.05) is 13.2 Å². The number of amides is 1. The van der Waals surface area contributed by atoms with Crippen molar-refractivity contribution in [3.05, 3.63) is 33.3 Å². The summed E-state index contributed by atoms with van der Waals surface area (Å²) in [6, 6.07) is 4.27. The summed E-state index contributed by atoms with van der Waals surface area (Å²) in [5, 5.41) is 12.1. The fraction of sp³-hybridized carbons (Fsp3) is 0.333. The van der Waals surface area contributed by atoms with E-state index in [1.54, 1.807) is 12.1 Å². The molecule has 1 aliphatic rings. The molecule has 1 aromatic carbocycles. The van der Waals surface area contributed by atoms with Crippen LogP contribution in [0.4, 0.5) is 0 Å². The van der Waals surface area contributed by atoms with Crippen LogP contribution in [0.2, 0.25) is 5.02 Å². The van der Waals surface area contributed by atoms with Crippen LogP contribution in [0.5, 0.6) is 0 Å². The Morgan fingerprint density at radius 2 is 2.16 bits per heavy atom. The van der Waals surface area contributed by atoms with Gasteiger partial charge in [-0.3, -0.25) is 9.59 Å². The van der Waals surface area contributed by atoms with Crippen molar-refractivity contribution in [3.63, 3.8) is 0 Å². The lowest BCUT2D eigenvalue weighted by molar-refractivity contribution is -0.142. The smallest absolute Gasteiger partial charge is 0.311 e. The molecule has 102 valence electrons. The minimum atomic E-state index is -0.975. The van der Waals surface area contributed by atoms with E-state index in [9.17, 15) is 9.59 Å². The highest BCUT2D eigenvalue weighted by Gasteiger charge is 2.35. The highest BCUT2D eigenvalue weighted by Crippen LogP contribution is 2.23. The van der Waals surface area contributed by atoms with Gasteiger partial charge in [0.2, 0.25) is 0 Å². The minimum Gasteiger partial charge on any atom is -0.481 e. The van der Waals surface area contributed by atoms with E-state index < -0.39 is 17.9 Å². The van der Waals surface area contributed by atoms with Crippen molar-refractivity contribution < 1.29 is 19.4 Å². The number of rotatable bonds is 3. The topological polar surface area (TPSA) is 75.6 Å². The molecule has 2 atom stereocenters. The monoisotopic (exact) mass is 347 g/mol. The molecule has 1 heterocycles. The molecule has 5 nitrogen and oxygen atoms in total. The zero-order valence-corrected chi connectivity index (χ0v) is 12.1. The van der Waals surface area contributed by atoms with Gasteiger partial charge in [0.05, 0.1) is 24.3 Å². The first-order chi connectivity index (χ1) is 8.99. The van der Waals surface area contributed by atoms with Crippen LogP contribution in [0.1, 0.15) is 10.4 Å². The summed E-state index contributed by atoms with van der Waals surface area (Å²) in [5.74, 6) is -2.05. The molecule has 2 unspecified atom stereocenters. The summed E-state index contributed by atoms with van der Waals surface area (Å²) in [5.41, 5.74) is 0.379. The zero-order valence-electron chi connectivity index (χ0n) is 9.73. The third kappa shape index (κ3) is 3.26. The summed E-state index contributed by atoms with van der Waals surface area (Å²) >= 11 is 9.14. The van der Waals surface area contributed by atoms with Gasteiger partial charge in [0.1, 0.15) is 5.92 Å². The first-order valence-electron chi connectivity index (χ1n) is 5.55. The van der Waals surface area contributed by atoms with Crippen LogP contribution in [0.3, 0.4) is 0 Å². The van der Waals surface area contributed by atoms with Gasteiger partial charge in [-0.05, 0) is 34.1 Å². The molecule has 0 spiro atoms. The second-order valence-corrected chi connectivity index (χ2v) is 5.45. The maximum Gasteiger partial charge on any atom is 0.311 e. The quantitative estimate of drug-likeness (QED) is 0.875. The Balaban J connectivity index is 2.08. The Morgan fingerprint density at radius 3 is 2.79 bits per heavy atom. The van der Waals surface area contributed by atoms with E-state index in [0.29, 0.717) is 15.1 Å². The second-order valence-electron chi connectivity index (χ2n) is 4.19. The van der Waals surface area contributed by atoms with Crippen LogP contribution in [-0.4, -0.2) is 36.2 Å². The number of carbonyl (C=O) groups is 2. The van der Waals surface area contributed by atoms with Gasteiger partial charge in [0.15, 0.2) is 0 Å². The van der Waals surface area contributed by atoms with E-state index in [4.69, 9.17) is 21.4 Å². The van der Waals surface area contributed by atoms with Crippen LogP contribution in [0, 0.1) is 5.92 Å². The molecule has 1 aliphatic heterocycles. The fourth-order valence-corrected chi connectivity index (χ4v) is 2.26. The highest BCUT2D eigenvalue weighted by atomic mass is 79.9. The summed E-state index contributed by atoms with van der Waals surface area (Å²) < 4.78 is 5.77. The van der Waals surface area contributed by atoms with Gasteiger partial charge in [0, 0.05) is 10.0 Å². The number of aliphatic carboxylic acids is 1. The maximum absolute atomic E-state index is 12.0. The van der Waals surface area contributed by atoms with Crippen molar-refractivity contribution in [2.45, 2.75) is 6.04 Å². The summed E-state index contributed by atoms with van der Waals surface area (Å²) in [4.78, 5) is 23.0. The third-order valence-electron chi connectivity index (χ3n) is 2.90. The van der Waals surface area contributed by atoms with E-state index in [0.717, 1.165) is 0 Å². The normalized spacial score (nSPS) is 22.2. The van der Waals surface area contributed by atoms with E-state index >= 15 is 0 Å². The Hall–Kier alpha value is -1.11. The largest absolute Gasteiger partial charge is 0.481 e. The van der Waals surface area contributed by atoms with Crippen LogP contribution < -0.4 is 5.32 Å². The molecule has 2 rings (SSSR count). The van der Waals surface area contributed by atoms with Gasteiger partial charge in [-0.1, -0.05) is 11.6 Å². The van der Waals surface area contributed by atoms with Gasteiger partial charge >= 0.3 is 5.97 Å². The number of halogens is 2. The molecule has 0 aromatic heterocycles. The van der Waals surface area contributed by atoms with Crippen LogP contribution in [0.25, 0.3) is 0 Å². The molecule has 0 saturated carbocycles. The van der Waals surface area contributed by atoms with Crippen LogP contribution in [-0.2, 0) is 9.53 Å². The molecule has 0 bridgehead atoms. The Kier molecular flexibility index (Phi) is 4.44. The van der Waals surface area contributed by atoms with Gasteiger partial charge in [-0.25, -0.2) is 0 Å². The number of hydrogen-bond acceptors (Lipinski definition) is 3. The number of carboxylic acid groups (broad SMARTS) is 1. The first-order valence-corrected chi connectivity index (χ1v) is 6.72. The lowest BCUT2D eigenvalue weighted by Gasteiger charge is -2.15. The molecule has 19 heavy (non-hydrogen) atoms. The predicted octanol–water partition coefficient (Wildman–Crippen LogP) is 1.93. The zero-order chi connectivity index (χ0) is 14.0. The molecular weight excluding hydrogens is 337 g/mol. The molecule has 2 N–H and O–H groups in total. The standard InChI is InChI=1S/C12H11BrClNO4/c13-8-2-1-6(3-9(8)14)11(16)15-10-5-19-4-7(10)12(17)18/h1-3,7,10H,4-5H2,(H,15,16)(H,17,18). The van der Waals surface area contributed by atoms with Crippen molar-refractivity contribution >= 4 is 39.4 Å². The predicted molar refractivity (Wildman–Crippen MR) is 72.4 cm³/mol.